The number of guanidine groups is 1. The molecule has 0 saturated carbocycles. The van der Waals surface area contributed by atoms with Crippen LogP contribution in [0.15, 0.2) is 40.3 Å². The maximum Gasteiger partial charge on any atom is 0.259 e. The number of carbonyl (C=O) groups excluding carboxylic acids is 1. The van der Waals surface area contributed by atoms with Crippen molar-refractivity contribution in [2.45, 2.75) is 20.8 Å². The highest BCUT2D eigenvalue weighted by Crippen LogP contribution is 2.21. The van der Waals surface area contributed by atoms with Crippen LogP contribution in [-0.4, -0.2) is 17.6 Å². The number of benzene rings is 1. The van der Waals surface area contributed by atoms with E-state index in [4.69, 9.17) is 0 Å². The van der Waals surface area contributed by atoms with Gasteiger partial charge in [-0.3, -0.25) is 10.1 Å². The topological polar surface area (TPSA) is 53.8 Å². The molecule has 4 nitrogen and oxygen atoms in total. The highest BCUT2D eigenvalue weighted by Gasteiger charge is 2.18. The minimum Gasteiger partial charge on any atom is -0.290 e. The van der Waals surface area contributed by atoms with Gasteiger partial charge in [0.1, 0.15) is 0 Å². The van der Waals surface area contributed by atoms with E-state index in [0.29, 0.717) is 17.2 Å². The second-order valence-electron chi connectivity index (χ2n) is 4.28. The SMILES string of the molecule is C=C1C(=O)NC(=Nc2cccc(C)c2C)N=C1C. The summed E-state index contributed by atoms with van der Waals surface area (Å²) in [6, 6.07) is 5.85. The average molecular weight is 241 g/mol. The zero-order chi connectivity index (χ0) is 13.3. The summed E-state index contributed by atoms with van der Waals surface area (Å²) in [5.41, 5.74) is 4.03. The fraction of sp³-hybridized carbons (Fsp3) is 0.214. The molecule has 0 aliphatic carbocycles. The first kappa shape index (κ1) is 12.2. The standard InChI is InChI=1S/C14H15N3O/c1-8-6-5-7-12(9(8)2)16-14-15-11(4)10(3)13(18)17-14/h5-7H,3H2,1-2,4H3,(H,16,17,18). The summed E-state index contributed by atoms with van der Waals surface area (Å²) in [5.74, 6) is 0.0742. The lowest BCUT2D eigenvalue weighted by Gasteiger charge is -2.14. The van der Waals surface area contributed by atoms with Gasteiger partial charge in [-0.15, -0.1) is 0 Å². The predicted octanol–water partition coefficient (Wildman–Crippen LogP) is 2.44. The molecular weight excluding hydrogens is 226 g/mol. The summed E-state index contributed by atoms with van der Waals surface area (Å²) >= 11 is 0. The summed E-state index contributed by atoms with van der Waals surface area (Å²) in [6.07, 6.45) is 0. The molecule has 0 unspecified atom stereocenters. The van der Waals surface area contributed by atoms with E-state index >= 15 is 0 Å². The average Bonchev–Trinajstić information content (AvgIpc) is 2.32. The third-order valence-corrected chi connectivity index (χ3v) is 3.01. The molecule has 1 aromatic carbocycles. The fourth-order valence-electron chi connectivity index (χ4n) is 1.62. The van der Waals surface area contributed by atoms with Crippen LogP contribution < -0.4 is 5.32 Å². The highest BCUT2D eigenvalue weighted by molar-refractivity contribution is 6.29. The minimum absolute atomic E-state index is 0.244. The first-order valence-electron chi connectivity index (χ1n) is 5.70. The quantitative estimate of drug-likeness (QED) is 0.754. The number of amides is 1. The molecule has 1 amide bonds. The lowest BCUT2D eigenvalue weighted by Crippen LogP contribution is -2.37. The molecule has 1 heterocycles. The van der Waals surface area contributed by atoms with Gasteiger partial charge in [0.25, 0.3) is 5.91 Å². The lowest BCUT2D eigenvalue weighted by atomic mass is 10.1. The summed E-state index contributed by atoms with van der Waals surface area (Å²) in [7, 11) is 0. The molecule has 1 aliphatic rings. The molecule has 0 saturated heterocycles. The normalized spacial score (nSPS) is 17.7. The molecule has 0 atom stereocenters. The van der Waals surface area contributed by atoms with E-state index in [1.165, 1.54) is 0 Å². The molecule has 18 heavy (non-hydrogen) atoms. The van der Waals surface area contributed by atoms with E-state index in [1.807, 2.05) is 32.0 Å². The number of aryl methyl sites for hydroxylation is 1. The number of rotatable bonds is 1. The molecule has 0 spiro atoms. The summed E-state index contributed by atoms with van der Waals surface area (Å²) < 4.78 is 0. The first-order chi connectivity index (χ1) is 8.49. The Morgan fingerprint density at radius 3 is 2.67 bits per heavy atom. The van der Waals surface area contributed by atoms with Crippen LogP contribution in [0.5, 0.6) is 0 Å². The van der Waals surface area contributed by atoms with Crippen LogP contribution in [0.25, 0.3) is 0 Å². The monoisotopic (exact) mass is 241 g/mol. The Morgan fingerprint density at radius 1 is 1.28 bits per heavy atom. The minimum atomic E-state index is -0.244. The van der Waals surface area contributed by atoms with Crippen LogP contribution in [0.1, 0.15) is 18.1 Å². The van der Waals surface area contributed by atoms with Crippen molar-refractivity contribution in [1.29, 1.82) is 0 Å². The van der Waals surface area contributed by atoms with Crippen molar-refractivity contribution in [3.8, 4) is 0 Å². The third-order valence-electron chi connectivity index (χ3n) is 3.01. The summed E-state index contributed by atoms with van der Waals surface area (Å²) in [5, 5.41) is 2.62. The van der Waals surface area contributed by atoms with Crippen molar-refractivity contribution in [3.05, 3.63) is 41.5 Å². The van der Waals surface area contributed by atoms with Gasteiger partial charge in [0.2, 0.25) is 5.96 Å². The molecule has 0 radical (unpaired) electrons. The van der Waals surface area contributed by atoms with E-state index in [2.05, 4.69) is 21.9 Å². The van der Waals surface area contributed by atoms with Crippen LogP contribution in [0.2, 0.25) is 0 Å². The van der Waals surface area contributed by atoms with Gasteiger partial charge >= 0.3 is 0 Å². The van der Waals surface area contributed by atoms with Crippen LogP contribution in [-0.2, 0) is 4.79 Å². The van der Waals surface area contributed by atoms with Gasteiger partial charge in [-0.2, -0.15) is 0 Å². The van der Waals surface area contributed by atoms with Gasteiger partial charge in [0.05, 0.1) is 17.0 Å². The Balaban J connectivity index is 2.43. The van der Waals surface area contributed by atoms with Crippen molar-refractivity contribution in [1.82, 2.24) is 5.32 Å². The summed E-state index contributed by atoms with van der Waals surface area (Å²) in [6.45, 7) is 9.42. The number of nitrogens with zero attached hydrogens (tertiary/aromatic N) is 2. The van der Waals surface area contributed by atoms with Gasteiger partial charge in [-0.25, -0.2) is 9.98 Å². The summed E-state index contributed by atoms with van der Waals surface area (Å²) in [4.78, 5) is 20.2. The molecule has 0 bridgehead atoms. The first-order valence-corrected chi connectivity index (χ1v) is 5.70. The Hall–Kier alpha value is -2.23. The highest BCUT2D eigenvalue weighted by atomic mass is 16.2. The molecular formula is C14H15N3O. The second kappa shape index (κ2) is 4.56. The molecule has 92 valence electrons. The van der Waals surface area contributed by atoms with E-state index in [1.54, 1.807) is 6.92 Å². The van der Waals surface area contributed by atoms with Crippen molar-refractivity contribution in [2.24, 2.45) is 9.98 Å². The van der Waals surface area contributed by atoms with E-state index < -0.39 is 0 Å². The van der Waals surface area contributed by atoms with E-state index in [0.717, 1.165) is 16.8 Å². The maximum atomic E-state index is 11.6. The molecule has 1 aliphatic heterocycles. The van der Waals surface area contributed by atoms with E-state index in [9.17, 15) is 4.79 Å². The van der Waals surface area contributed by atoms with Gasteiger partial charge in [-0.1, -0.05) is 18.7 Å². The zero-order valence-corrected chi connectivity index (χ0v) is 10.7. The molecule has 0 fully saturated rings. The van der Waals surface area contributed by atoms with Gasteiger partial charge in [0.15, 0.2) is 0 Å². The van der Waals surface area contributed by atoms with Gasteiger partial charge in [0, 0.05) is 0 Å². The van der Waals surface area contributed by atoms with Gasteiger partial charge in [-0.05, 0) is 38.0 Å². The van der Waals surface area contributed by atoms with Crippen molar-refractivity contribution in [2.75, 3.05) is 0 Å². The molecule has 0 aromatic heterocycles. The third kappa shape index (κ3) is 2.22. The van der Waals surface area contributed by atoms with Crippen molar-refractivity contribution >= 4 is 23.3 Å². The van der Waals surface area contributed by atoms with Crippen LogP contribution in [0.3, 0.4) is 0 Å². The Kier molecular flexibility index (Phi) is 3.10. The van der Waals surface area contributed by atoms with E-state index in [-0.39, 0.29) is 5.91 Å². The van der Waals surface area contributed by atoms with Crippen LogP contribution in [0, 0.1) is 13.8 Å². The predicted molar refractivity (Wildman–Crippen MR) is 73.4 cm³/mol. The molecule has 1 aromatic rings. The second-order valence-corrected chi connectivity index (χ2v) is 4.28. The number of hydrogen-bond acceptors (Lipinski definition) is 2. The Morgan fingerprint density at radius 2 is 2.00 bits per heavy atom. The fourth-order valence-corrected chi connectivity index (χ4v) is 1.62. The smallest absolute Gasteiger partial charge is 0.259 e. The maximum absolute atomic E-state index is 11.6. The number of hydrogen-bond donors (Lipinski definition) is 1. The lowest BCUT2D eigenvalue weighted by molar-refractivity contribution is -0.115. The Bertz CT molecular complexity index is 597. The van der Waals surface area contributed by atoms with Crippen LogP contribution >= 0.6 is 0 Å². The number of nitrogens with one attached hydrogen (secondary N) is 1. The van der Waals surface area contributed by atoms with Gasteiger partial charge < -0.3 is 0 Å². The molecule has 4 heteroatoms. The van der Waals surface area contributed by atoms with Crippen molar-refractivity contribution < 1.29 is 4.79 Å². The molecule has 2 rings (SSSR count). The largest absolute Gasteiger partial charge is 0.290 e. The number of carbonyl (C=O) groups is 1. The zero-order valence-electron chi connectivity index (χ0n) is 10.7. The molecule has 1 N–H and O–H groups in total. The van der Waals surface area contributed by atoms with Crippen LogP contribution in [0.4, 0.5) is 5.69 Å². The Labute approximate surface area is 106 Å². The number of aliphatic imine (C=N–C) groups is 2. The van der Waals surface area contributed by atoms with Crippen molar-refractivity contribution in [3.63, 3.8) is 0 Å².